The van der Waals surface area contributed by atoms with Gasteiger partial charge in [0.15, 0.2) is 0 Å². The molecule has 2 N–H and O–H groups in total. The molecule has 1 aliphatic rings. The van der Waals surface area contributed by atoms with Crippen LogP contribution in [0.1, 0.15) is 28.6 Å². The van der Waals surface area contributed by atoms with Gasteiger partial charge < -0.3 is 10.6 Å². The molecule has 3 nitrogen and oxygen atoms in total. The second kappa shape index (κ2) is 7.94. The molecule has 114 valence electrons. The Morgan fingerprint density at radius 3 is 2.19 bits per heavy atom. The standard InChI is InChI=1S/C15H18N2OS2.ClH/c18-15(11-5-7-16-8-6-11)17-14(12-3-1-9-19-12)13-4-2-10-20-13;/h1-4,9-11,14,16H,5-8H2,(H,17,18);1H. The Bertz CT molecular complexity index is 502. The first-order valence-electron chi connectivity index (χ1n) is 6.92. The second-order valence-electron chi connectivity index (χ2n) is 5.00. The monoisotopic (exact) mass is 342 g/mol. The lowest BCUT2D eigenvalue weighted by Gasteiger charge is -2.24. The van der Waals surface area contributed by atoms with Crippen LogP contribution >= 0.6 is 35.1 Å². The van der Waals surface area contributed by atoms with Crippen LogP contribution in [0.5, 0.6) is 0 Å². The lowest BCUT2D eigenvalue weighted by atomic mass is 9.97. The van der Waals surface area contributed by atoms with Crippen LogP contribution in [0.4, 0.5) is 0 Å². The van der Waals surface area contributed by atoms with E-state index in [1.807, 2.05) is 12.1 Å². The van der Waals surface area contributed by atoms with E-state index in [0.29, 0.717) is 0 Å². The molecule has 3 heterocycles. The van der Waals surface area contributed by atoms with Gasteiger partial charge in [0, 0.05) is 15.7 Å². The van der Waals surface area contributed by atoms with Gasteiger partial charge >= 0.3 is 0 Å². The minimum absolute atomic E-state index is 0. The zero-order chi connectivity index (χ0) is 13.8. The molecule has 0 radical (unpaired) electrons. The quantitative estimate of drug-likeness (QED) is 0.893. The van der Waals surface area contributed by atoms with Crippen molar-refractivity contribution in [2.24, 2.45) is 5.92 Å². The summed E-state index contributed by atoms with van der Waals surface area (Å²) in [7, 11) is 0. The number of carbonyl (C=O) groups is 1. The molecule has 0 aliphatic carbocycles. The van der Waals surface area contributed by atoms with Gasteiger partial charge in [0.05, 0.1) is 6.04 Å². The van der Waals surface area contributed by atoms with Crippen LogP contribution in [0, 0.1) is 5.92 Å². The van der Waals surface area contributed by atoms with Crippen molar-refractivity contribution in [3.8, 4) is 0 Å². The van der Waals surface area contributed by atoms with Crippen LogP contribution in [0.15, 0.2) is 35.0 Å². The molecule has 1 saturated heterocycles. The molecule has 1 aliphatic heterocycles. The van der Waals surface area contributed by atoms with E-state index in [1.54, 1.807) is 22.7 Å². The van der Waals surface area contributed by atoms with E-state index >= 15 is 0 Å². The van der Waals surface area contributed by atoms with Crippen molar-refractivity contribution in [3.05, 3.63) is 44.8 Å². The Kier molecular flexibility index (Phi) is 6.23. The smallest absolute Gasteiger partial charge is 0.224 e. The zero-order valence-corrected chi connectivity index (χ0v) is 14.0. The number of rotatable bonds is 4. The average molecular weight is 343 g/mol. The molecule has 0 bridgehead atoms. The summed E-state index contributed by atoms with van der Waals surface area (Å²) in [5, 5.41) is 10.7. The maximum Gasteiger partial charge on any atom is 0.224 e. The third-order valence-corrected chi connectivity index (χ3v) is 5.53. The summed E-state index contributed by atoms with van der Waals surface area (Å²) in [6, 6.07) is 8.28. The summed E-state index contributed by atoms with van der Waals surface area (Å²) in [4.78, 5) is 14.9. The van der Waals surface area contributed by atoms with Gasteiger partial charge in [-0.25, -0.2) is 0 Å². The molecule has 2 aromatic heterocycles. The summed E-state index contributed by atoms with van der Waals surface area (Å²) in [5.41, 5.74) is 0. The Balaban J connectivity index is 0.00000161. The molecule has 0 aromatic carbocycles. The Labute approximate surface area is 139 Å². The highest BCUT2D eigenvalue weighted by Crippen LogP contribution is 2.29. The van der Waals surface area contributed by atoms with Crippen molar-refractivity contribution in [3.63, 3.8) is 0 Å². The summed E-state index contributed by atoms with van der Waals surface area (Å²) in [6.45, 7) is 1.89. The van der Waals surface area contributed by atoms with Crippen molar-refractivity contribution in [1.82, 2.24) is 10.6 Å². The van der Waals surface area contributed by atoms with Crippen molar-refractivity contribution < 1.29 is 4.79 Å². The number of piperidine rings is 1. The molecule has 0 spiro atoms. The normalized spacial score (nSPS) is 15.7. The van der Waals surface area contributed by atoms with E-state index in [1.165, 1.54) is 9.75 Å². The Hall–Kier alpha value is -0.880. The van der Waals surface area contributed by atoms with E-state index in [-0.39, 0.29) is 30.3 Å². The number of amides is 1. The van der Waals surface area contributed by atoms with Crippen LogP contribution in [-0.4, -0.2) is 19.0 Å². The van der Waals surface area contributed by atoms with Crippen molar-refractivity contribution >= 4 is 41.0 Å². The number of halogens is 1. The molecule has 0 atom stereocenters. The Morgan fingerprint density at radius 1 is 1.14 bits per heavy atom. The predicted octanol–water partition coefficient (Wildman–Crippen LogP) is 3.44. The van der Waals surface area contributed by atoms with E-state index in [2.05, 4.69) is 33.5 Å². The van der Waals surface area contributed by atoms with Crippen LogP contribution in [0.2, 0.25) is 0 Å². The highest BCUT2D eigenvalue weighted by atomic mass is 35.5. The van der Waals surface area contributed by atoms with Crippen LogP contribution in [-0.2, 0) is 4.79 Å². The van der Waals surface area contributed by atoms with Gasteiger partial charge in [-0.1, -0.05) is 12.1 Å². The number of carbonyl (C=O) groups excluding carboxylic acids is 1. The molecule has 6 heteroatoms. The van der Waals surface area contributed by atoms with E-state index in [4.69, 9.17) is 0 Å². The van der Waals surface area contributed by atoms with Gasteiger partial charge in [-0.2, -0.15) is 0 Å². The van der Waals surface area contributed by atoms with Gasteiger partial charge in [-0.05, 0) is 48.8 Å². The van der Waals surface area contributed by atoms with Crippen LogP contribution in [0.3, 0.4) is 0 Å². The maximum absolute atomic E-state index is 12.5. The predicted molar refractivity (Wildman–Crippen MR) is 91.5 cm³/mol. The third-order valence-electron chi connectivity index (χ3n) is 3.65. The zero-order valence-electron chi connectivity index (χ0n) is 11.6. The van der Waals surface area contributed by atoms with Gasteiger partial charge in [0.1, 0.15) is 0 Å². The molecule has 3 rings (SSSR count). The lowest BCUT2D eigenvalue weighted by Crippen LogP contribution is -2.39. The fourth-order valence-electron chi connectivity index (χ4n) is 2.54. The topological polar surface area (TPSA) is 41.1 Å². The Morgan fingerprint density at radius 2 is 1.71 bits per heavy atom. The molecule has 0 unspecified atom stereocenters. The third kappa shape index (κ3) is 4.07. The minimum Gasteiger partial charge on any atom is -0.343 e. The fraction of sp³-hybridized carbons (Fsp3) is 0.400. The van der Waals surface area contributed by atoms with Crippen molar-refractivity contribution in [2.45, 2.75) is 18.9 Å². The van der Waals surface area contributed by atoms with Crippen LogP contribution in [0.25, 0.3) is 0 Å². The maximum atomic E-state index is 12.5. The van der Waals surface area contributed by atoms with Gasteiger partial charge in [-0.15, -0.1) is 35.1 Å². The fourth-order valence-corrected chi connectivity index (χ4v) is 4.20. The molecule has 2 aromatic rings. The average Bonchev–Trinajstić information content (AvgIpc) is 3.19. The number of hydrogen-bond donors (Lipinski definition) is 2. The number of hydrogen-bond acceptors (Lipinski definition) is 4. The molecule has 21 heavy (non-hydrogen) atoms. The molecule has 0 saturated carbocycles. The van der Waals surface area contributed by atoms with Gasteiger partial charge in [-0.3, -0.25) is 4.79 Å². The summed E-state index contributed by atoms with van der Waals surface area (Å²) in [5.74, 6) is 0.344. The highest BCUT2D eigenvalue weighted by molar-refractivity contribution is 7.11. The van der Waals surface area contributed by atoms with E-state index in [9.17, 15) is 4.79 Å². The van der Waals surface area contributed by atoms with Gasteiger partial charge in [0.25, 0.3) is 0 Å². The van der Waals surface area contributed by atoms with E-state index in [0.717, 1.165) is 25.9 Å². The molecule has 1 amide bonds. The lowest BCUT2D eigenvalue weighted by molar-refractivity contribution is -0.126. The van der Waals surface area contributed by atoms with Crippen LogP contribution < -0.4 is 10.6 Å². The summed E-state index contributed by atoms with van der Waals surface area (Å²) in [6.07, 6.45) is 1.88. The van der Waals surface area contributed by atoms with Gasteiger partial charge in [0.2, 0.25) is 5.91 Å². The highest BCUT2D eigenvalue weighted by Gasteiger charge is 2.25. The summed E-state index contributed by atoms with van der Waals surface area (Å²) < 4.78 is 0. The largest absolute Gasteiger partial charge is 0.343 e. The SMILES string of the molecule is Cl.O=C(NC(c1cccs1)c1cccs1)C1CCNCC1. The molecule has 1 fully saturated rings. The van der Waals surface area contributed by atoms with Crippen molar-refractivity contribution in [1.29, 1.82) is 0 Å². The van der Waals surface area contributed by atoms with Crippen molar-refractivity contribution in [2.75, 3.05) is 13.1 Å². The first-order chi connectivity index (χ1) is 9.84. The van der Waals surface area contributed by atoms with E-state index < -0.39 is 0 Å². The molecular formula is C15H19ClN2OS2. The molecular weight excluding hydrogens is 324 g/mol. The second-order valence-corrected chi connectivity index (χ2v) is 6.96. The first-order valence-corrected chi connectivity index (χ1v) is 8.68. The first kappa shape index (κ1) is 16.5. The number of nitrogens with one attached hydrogen (secondary N) is 2. The number of thiophene rings is 2. The summed E-state index contributed by atoms with van der Waals surface area (Å²) >= 11 is 3.40. The minimum atomic E-state index is 0.